The van der Waals surface area contributed by atoms with Crippen LogP contribution < -0.4 is 11.3 Å². The van der Waals surface area contributed by atoms with E-state index in [0.29, 0.717) is 5.92 Å². The van der Waals surface area contributed by atoms with E-state index in [4.69, 9.17) is 5.84 Å². The fraction of sp³-hybridized carbons (Fsp3) is 0.429. The second-order valence-corrected chi connectivity index (χ2v) is 5.18. The van der Waals surface area contributed by atoms with E-state index >= 15 is 0 Å². The summed E-state index contributed by atoms with van der Waals surface area (Å²) in [6.45, 7) is 2.02. The molecule has 5 heteroatoms. The van der Waals surface area contributed by atoms with Gasteiger partial charge in [0.1, 0.15) is 0 Å². The molecule has 100 valence electrons. The minimum absolute atomic E-state index is 0.0739. The third kappa shape index (κ3) is 2.05. The maximum Gasteiger partial charge on any atom is 0.0642 e. The summed E-state index contributed by atoms with van der Waals surface area (Å²) in [5.74, 6) is 6.13. The highest BCUT2D eigenvalue weighted by atomic mass is 15.3. The molecule has 0 radical (unpaired) electrons. The Morgan fingerprint density at radius 1 is 1.53 bits per heavy atom. The van der Waals surface area contributed by atoms with Crippen LogP contribution in [0.25, 0.3) is 0 Å². The number of aryl methyl sites for hydroxylation is 3. The van der Waals surface area contributed by atoms with Crippen LogP contribution in [0.5, 0.6) is 0 Å². The van der Waals surface area contributed by atoms with Crippen LogP contribution in [0.4, 0.5) is 0 Å². The summed E-state index contributed by atoms with van der Waals surface area (Å²) in [5, 5.41) is 4.41. The molecule has 1 aliphatic rings. The van der Waals surface area contributed by atoms with Gasteiger partial charge in [-0.3, -0.25) is 20.9 Å². The van der Waals surface area contributed by atoms with Crippen LogP contribution >= 0.6 is 0 Å². The Balaban J connectivity index is 1.99. The minimum atomic E-state index is 0.0739. The summed E-state index contributed by atoms with van der Waals surface area (Å²) in [7, 11) is 1.94. The van der Waals surface area contributed by atoms with E-state index in [9.17, 15) is 0 Å². The molecule has 1 aliphatic carbocycles. The standard InChI is InChI=1S/C14H19N5/c1-9-12(8-19(2)18-9)14(17-15)11-6-5-10-4-3-7-16-13(10)11/h3-4,7-8,11,14,17H,5-6,15H2,1-2H3. The van der Waals surface area contributed by atoms with Gasteiger partial charge in [-0.1, -0.05) is 6.07 Å². The van der Waals surface area contributed by atoms with Crippen molar-refractivity contribution in [1.82, 2.24) is 20.2 Å². The van der Waals surface area contributed by atoms with Crippen molar-refractivity contribution >= 4 is 0 Å². The molecule has 2 heterocycles. The van der Waals surface area contributed by atoms with Gasteiger partial charge in [-0.25, -0.2) is 0 Å². The van der Waals surface area contributed by atoms with Crippen molar-refractivity contribution in [2.45, 2.75) is 31.7 Å². The first-order valence-electron chi connectivity index (χ1n) is 6.60. The normalized spacial score (nSPS) is 19.4. The molecule has 0 bridgehead atoms. The molecule has 2 unspecified atom stereocenters. The third-order valence-electron chi connectivity index (χ3n) is 3.97. The molecular weight excluding hydrogens is 238 g/mol. The second-order valence-electron chi connectivity index (χ2n) is 5.18. The highest BCUT2D eigenvalue weighted by Gasteiger charge is 2.32. The van der Waals surface area contributed by atoms with Crippen molar-refractivity contribution in [3.63, 3.8) is 0 Å². The van der Waals surface area contributed by atoms with Gasteiger partial charge in [0.05, 0.1) is 11.7 Å². The van der Waals surface area contributed by atoms with Gasteiger partial charge in [0.15, 0.2) is 0 Å². The van der Waals surface area contributed by atoms with E-state index in [1.807, 2.05) is 37.1 Å². The lowest BCUT2D eigenvalue weighted by Crippen LogP contribution is -2.32. The van der Waals surface area contributed by atoms with Crippen molar-refractivity contribution in [1.29, 1.82) is 0 Å². The first kappa shape index (κ1) is 12.3. The zero-order chi connectivity index (χ0) is 13.4. The topological polar surface area (TPSA) is 68.8 Å². The summed E-state index contributed by atoms with van der Waals surface area (Å²) in [6.07, 6.45) is 6.06. The average Bonchev–Trinajstić information content (AvgIpc) is 2.96. The maximum absolute atomic E-state index is 5.81. The van der Waals surface area contributed by atoms with E-state index in [1.54, 1.807) is 0 Å². The summed E-state index contributed by atoms with van der Waals surface area (Å²) < 4.78 is 1.84. The predicted octanol–water partition coefficient (Wildman–Crippen LogP) is 1.36. The molecule has 0 fully saturated rings. The molecule has 2 aromatic heterocycles. The fourth-order valence-electron chi connectivity index (χ4n) is 3.11. The number of aromatic nitrogens is 3. The first-order chi connectivity index (χ1) is 9.20. The second kappa shape index (κ2) is 4.75. The van der Waals surface area contributed by atoms with E-state index < -0.39 is 0 Å². The summed E-state index contributed by atoms with van der Waals surface area (Å²) >= 11 is 0. The minimum Gasteiger partial charge on any atom is -0.275 e. The number of rotatable bonds is 3. The van der Waals surface area contributed by atoms with Gasteiger partial charge in [0.2, 0.25) is 0 Å². The van der Waals surface area contributed by atoms with Gasteiger partial charge >= 0.3 is 0 Å². The van der Waals surface area contributed by atoms with Crippen molar-refractivity contribution < 1.29 is 0 Å². The molecular formula is C14H19N5. The Kier molecular flexibility index (Phi) is 3.08. The van der Waals surface area contributed by atoms with Gasteiger partial charge in [-0.05, 0) is 31.4 Å². The number of hydrogen-bond donors (Lipinski definition) is 2. The number of nitrogens with one attached hydrogen (secondary N) is 1. The van der Waals surface area contributed by atoms with E-state index in [1.165, 1.54) is 11.3 Å². The highest BCUT2D eigenvalue weighted by molar-refractivity contribution is 5.34. The zero-order valence-electron chi connectivity index (χ0n) is 11.3. The molecule has 0 aliphatic heterocycles. The summed E-state index contributed by atoms with van der Waals surface area (Å²) in [5.41, 5.74) is 7.66. The molecule has 0 saturated heterocycles. The third-order valence-corrected chi connectivity index (χ3v) is 3.97. The summed E-state index contributed by atoms with van der Waals surface area (Å²) in [6, 6.07) is 4.23. The van der Waals surface area contributed by atoms with Gasteiger partial charge in [0.25, 0.3) is 0 Å². The van der Waals surface area contributed by atoms with Crippen molar-refractivity contribution in [2.75, 3.05) is 0 Å². The quantitative estimate of drug-likeness (QED) is 0.643. The molecule has 0 amide bonds. The van der Waals surface area contributed by atoms with Crippen LogP contribution in [0.3, 0.4) is 0 Å². The van der Waals surface area contributed by atoms with Crippen LogP contribution in [-0.4, -0.2) is 14.8 Å². The van der Waals surface area contributed by atoms with Gasteiger partial charge < -0.3 is 0 Å². The van der Waals surface area contributed by atoms with E-state index in [2.05, 4.69) is 21.6 Å². The molecule has 0 saturated carbocycles. The van der Waals surface area contributed by atoms with E-state index in [-0.39, 0.29) is 6.04 Å². The van der Waals surface area contributed by atoms with Crippen LogP contribution in [0, 0.1) is 6.92 Å². The molecule has 3 N–H and O–H groups in total. The number of nitrogens with two attached hydrogens (primary N) is 1. The fourth-order valence-corrected chi connectivity index (χ4v) is 3.11. The van der Waals surface area contributed by atoms with Crippen molar-refractivity contribution in [3.05, 3.63) is 47.0 Å². The van der Waals surface area contributed by atoms with Crippen LogP contribution in [0.15, 0.2) is 24.5 Å². The van der Waals surface area contributed by atoms with Crippen LogP contribution in [-0.2, 0) is 13.5 Å². The van der Waals surface area contributed by atoms with Crippen LogP contribution in [0.2, 0.25) is 0 Å². The summed E-state index contributed by atoms with van der Waals surface area (Å²) in [4.78, 5) is 4.55. The average molecular weight is 257 g/mol. The van der Waals surface area contributed by atoms with Crippen LogP contribution in [0.1, 0.15) is 40.9 Å². The SMILES string of the molecule is Cc1nn(C)cc1C(NN)C1CCc2cccnc21. The lowest BCUT2D eigenvalue weighted by atomic mass is 9.91. The lowest BCUT2D eigenvalue weighted by Gasteiger charge is -2.22. The molecule has 5 nitrogen and oxygen atoms in total. The number of pyridine rings is 1. The Hall–Kier alpha value is -1.72. The van der Waals surface area contributed by atoms with Gasteiger partial charge in [-0.2, -0.15) is 5.10 Å². The van der Waals surface area contributed by atoms with Gasteiger partial charge in [0, 0.05) is 36.6 Å². The Morgan fingerprint density at radius 2 is 2.37 bits per heavy atom. The number of hydrazine groups is 1. The number of hydrogen-bond acceptors (Lipinski definition) is 4. The van der Waals surface area contributed by atoms with Crippen molar-refractivity contribution in [2.24, 2.45) is 12.9 Å². The Bertz CT molecular complexity index is 589. The lowest BCUT2D eigenvalue weighted by molar-refractivity contribution is 0.445. The van der Waals surface area contributed by atoms with Crippen molar-refractivity contribution in [3.8, 4) is 0 Å². The maximum atomic E-state index is 5.81. The first-order valence-corrected chi connectivity index (χ1v) is 6.60. The largest absolute Gasteiger partial charge is 0.275 e. The molecule has 2 atom stereocenters. The molecule has 0 aromatic carbocycles. The predicted molar refractivity (Wildman–Crippen MR) is 73.3 cm³/mol. The van der Waals surface area contributed by atoms with Gasteiger partial charge in [-0.15, -0.1) is 0 Å². The molecule has 19 heavy (non-hydrogen) atoms. The molecule has 2 aromatic rings. The highest BCUT2D eigenvalue weighted by Crippen LogP contribution is 2.40. The Morgan fingerprint density at radius 3 is 3.05 bits per heavy atom. The number of nitrogens with zero attached hydrogens (tertiary/aromatic N) is 3. The molecule has 0 spiro atoms. The smallest absolute Gasteiger partial charge is 0.0642 e. The van der Waals surface area contributed by atoms with E-state index in [0.717, 1.165) is 24.1 Å². The Labute approximate surface area is 112 Å². The monoisotopic (exact) mass is 257 g/mol. The molecule has 3 rings (SSSR count). The zero-order valence-corrected chi connectivity index (χ0v) is 11.3. The number of fused-ring (bicyclic) bond motifs is 1.